The maximum Gasteiger partial charge on any atom is 0.255 e. The molecule has 2 aromatic rings. The van der Waals surface area contributed by atoms with Gasteiger partial charge in [-0.25, -0.2) is 0 Å². The Kier molecular flexibility index (Phi) is 7.14. The minimum Gasteiger partial charge on any atom is -0.497 e. The fraction of sp³-hybridized carbons (Fsp3) is 0.350. The van der Waals surface area contributed by atoms with Gasteiger partial charge in [0.15, 0.2) is 11.5 Å². The summed E-state index contributed by atoms with van der Waals surface area (Å²) < 4.78 is 21.5. The van der Waals surface area contributed by atoms with E-state index in [4.69, 9.17) is 18.9 Å². The summed E-state index contributed by atoms with van der Waals surface area (Å²) in [6.45, 7) is 2.71. The highest BCUT2D eigenvalue weighted by atomic mass is 16.5. The molecule has 0 saturated heterocycles. The van der Waals surface area contributed by atoms with Gasteiger partial charge in [-0.2, -0.15) is 0 Å². The summed E-state index contributed by atoms with van der Waals surface area (Å²) in [5.74, 6) is 2.07. The van der Waals surface area contributed by atoms with E-state index in [1.54, 1.807) is 57.7 Å². The first-order valence-electron chi connectivity index (χ1n) is 8.46. The normalized spacial score (nSPS) is 10.2. The lowest BCUT2D eigenvalue weighted by Gasteiger charge is -2.13. The first kappa shape index (κ1) is 19.4. The largest absolute Gasteiger partial charge is 0.497 e. The van der Waals surface area contributed by atoms with Crippen molar-refractivity contribution in [2.24, 2.45) is 0 Å². The summed E-state index contributed by atoms with van der Waals surface area (Å²) in [6.07, 6.45) is 2.01. The van der Waals surface area contributed by atoms with Crippen molar-refractivity contribution in [1.29, 1.82) is 0 Å². The molecule has 0 aliphatic rings. The van der Waals surface area contributed by atoms with Gasteiger partial charge in [0.1, 0.15) is 11.5 Å². The fourth-order valence-electron chi connectivity index (χ4n) is 2.34. The molecule has 140 valence electrons. The zero-order valence-corrected chi connectivity index (χ0v) is 15.6. The topological polar surface area (TPSA) is 66.0 Å². The number of rotatable bonds is 9. The van der Waals surface area contributed by atoms with Crippen molar-refractivity contribution in [3.63, 3.8) is 0 Å². The highest BCUT2D eigenvalue weighted by molar-refractivity contribution is 6.04. The van der Waals surface area contributed by atoms with Crippen molar-refractivity contribution in [3.05, 3.63) is 42.0 Å². The van der Waals surface area contributed by atoms with Gasteiger partial charge in [0, 0.05) is 29.4 Å². The fourth-order valence-corrected chi connectivity index (χ4v) is 2.34. The number of ether oxygens (including phenoxy) is 4. The zero-order chi connectivity index (χ0) is 18.9. The molecule has 0 aromatic heterocycles. The molecule has 0 spiro atoms. The quantitative estimate of drug-likeness (QED) is 0.682. The molecule has 6 heteroatoms. The molecule has 6 nitrogen and oxygen atoms in total. The third kappa shape index (κ3) is 5.05. The van der Waals surface area contributed by atoms with E-state index in [0.717, 1.165) is 12.8 Å². The number of amides is 1. The summed E-state index contributed by atoms with van der Waals surface area (Å²) in [5, 5.41) is 2.84. The molecule has 0 radical (unpaired) electrons. The van der Waals surface area contributed by atoms with E-state index < -0.39 is 0 Å². The molecule has 2 aromatic carbocycles. The number of benzene rings is 2. The molecule has 2 rings (SSSR count). The molecule has 0 bridgehead atoms. The molecule has 0 aliphatic carbocycles. The van der Waals surface area contributed by atoms with Gasteiger partial charge in [-0.3, -0.25) is 4.79 Å². The maximum atomic E-state index is 12.6. The number of hydrogen-bond donors (Lipinski definition) is 1. The van der Waals surface area contributed by atoms with Crippen LogP contribution in [0.1, 0.15) is 30.1 Å². The van der Waals surface area contributed by atoms with Crippen molar-refractivity contribution in [3.8, 4) is 23.0 Å². The molecule has 1 amide bonds. The smallest absolute Gasteiger partial charge is 0.255 e. The second-order valence-corrected chi connectivity index (χ2v) is 5.62. The van der Waals surface area contributed by atoms with Crippen LogP contribution in [-0.4, -0.2) is 33.8 Å². The van der Waals surface area contributed by atoms with Gasteiger partial charge in [-0.05, 0) is 24.6 Å². The number of nitrogens with one attached hydrogen (secondary N) is 1. The Labute approximate surface area is 154 Å². The van der Waals surface area contributed by atoms with Gasteiger partial charge in [0.05, 0.1) is 27.9 Å². The van der Waals surface area contributed by atoms with E-state index in [-0.39, 0.29) is 5.91 Å². The summed E-state index contributed by atoms with van der Waals surface area (Å²) in [6, 6.07) is 10.3. The van der Waals surface area contributed by atoms with Crippen LogP contribution in [0.3, 0.4) is 0 Å². The van der Waals surface area contributed by atoms with E-state index in [1.807, 2.05) is 0 Å². The Hall–Kier alpha value is -2.89. The van der Waals surface area contributed by atoms with Crippen molar-refractivity contribution in [2.45, 2.75) is 19.8 Å². The minimum absolute atomic E-state index is 0.265. The monoisotopic (exact) mass is 359 g/mol. The predicted octanol–water partition coefficient (Wildman–Crippen LogP) is 4.14. The molecule has 0 aliphatic heterocycles. The molecular formula is C20H25NO5. The second-order valence-electron chi connectivity index (χ2n) is 5.62. The maximum absolute atomic E-state index is 12.6. The van der Waals surface area contributed by atoms with Crippen LogP contribution in [0.2, 0.25) is 0 Å². The number of unbranched alkanes of at least 4 members (excludes halogenated alkanes) is 1. The first-order valence-corrected chi connectivity index (χ1v) is 8.46. The predicted molar refractivity (Wildman–Crippen MR) is 101 cm³/mol. The van der Waals surface area contributed by atoms with Crippen LogP contribution in [0, 0.1) is 0 Å². The lowest BCUT2D eigenvalue weighted by molar-refractivity contribution is 0.102. The summed E-state index contributed by atoms with van der Waals surface area (Å²) in [7, 11) is 4.67. The molecule has 0 fully saturated rings. The third-order valence-corrected chi connectivity index (χ3v) is 3.79. The van der Waals surface area contributed by atoms with Crippen LogP contribution in [0.25, 0.3) is 0 Å². The Morgan fingerprint density at radius 1 is 0.923 bits per heavy atom. The number of hydrogen-bond acceptors (Lipinski definition) is 5. The summed E-state index contributed by atoms with van der Waals surface area (Å²) >= 11 is 0. The van der Waals surface area contributed by atoms with Gasteiger partial charge in [0.25, 0.3) is 5.91 Å². The lowest BCUT2D eigenvalue weighted by Crippen LogP contribution is -2.12. The summed E-state index contributed by atoms with van der Waals surface area (Å²) in [5.41, 5.74) is 1.04. The van der Waals surface area contributed by atoms with Gasteiger partial charge in [-0.1, -0.05) is 13.3 Å². The number of carbonyl (C=O) groups is 1. The van der Waals surface area contributed by atoms with Crippen LogP contribution in [0.4, 0.5) is 5.69 Å². The Morgan fingerprint density at radius 2 is 1.62 bits per heavy atom. The molecule has 0 atom stereocenters. The Bertz CT molecular complexity index is 723. The third-order valence-electron chi connectivity index (χ3n) is 3.79. The van der Waals surface area contributed by atoms with Gasteiger partial charge >= 0.3 is 0 Å². The zero-order valence-electron chi connectivity index (χ0n) is 15.6. The summed E-state index contributed by atoms with van der Waals surface area (Å²) in [4.78, 5) is 12.6. The van der Waals surface area contributed by atoms with E-state index in [9.17, 15) is 4.79 Å². The van der Waals surface area contributed by atoms with Crippen molar-refractivity contribution >= 4 is 11.6 Å². The van der Waals surface area contributed by atoms with Crippen LogP contribution in [-0.2, 0) is 0 Å². The molecule has 1 N–H and O–H groups in total. The first-order chi connectivity index (χ1) is 12.6. The lowest BCUT2D eigenvalue weighted by atomic mass is 10.1. The second kappa shape index (κ2) is 9.56. The van der Waals surface area contributed by atoms with Gasteiger partial charge < -0.3 is 24.3 Å². The van der Waals surface area contributed by atoms with Crippen molar-refractivity contribution in [1.82, 2.24) is 0 Å². The van der Waals surface area contributed by atoms with Gasteiger partial charge in [-0.15, -0.1) is 0 Å². The van der Waals surface area contributed by atoms with Crippen LogP contribution in [0.5, 0.6) is 23.0 Å². The molecule has 0 heterocycles. The molecule has 26 heavy (non-hydrogen) atoms. The van der Waals surface area contributed by atoms with E-state index in [0.29, 0.717) is 40.9 Å². The molecule has 0 saturated carbocycles. The molecular weight excluding hydrogens is 334 g/mol. The Morgan fingerprint density at radius 3 is 2.19 bits per heavy atom. The number of anilines is 1. The number of carbonyl (C=O) groups excluding carboxylic acids is 1. The van der Waals surface area contributed by atoms with Crippen LogP contribution in [0.15, 0.2) is 36.4 Å². The van der Waals surface area contributed by atoms with E-state index in [2.05, 4.69) is 12.2 Å². The van der Waals surface area contributed by atoms with Crippen molar-refractivity contribution in [2.75, 3.05) is 33.3 Å². The van der Waals surface area contributed by atoms with Crippen molar-refractivity contribution < 1.29 is 23.7 Å². The van der Waals surface area contributed by atoms with Gasteiger partial charge in [0.2, 0.25) is 0 Å². The highest BCUT2D eigenvalue weighted by Crippen LogP contribution is 2.30. The SMILES string of the molecule is CCCCOc1ccc(C(=O)Nc2cc(OC)cc(OC)c2)cc1OC. The number of methoxy groups -OCH3 is 3. The highest BCUT2D eigenvalue weighted by Gasteiger charge is 2.12. The minimum atomic E-state index is -0.265. The Balaban J connectivity index is 2.16. The van der Waals surface area contributed by atoms with E-state index in [1.165, 1.54) is 0 Å². The molecule has 0 unspecified atom stereocenters. The average molecular weight is 359 g/mol. The average Bonchev–Trinajstić information content (AvgIpc) is 2.67. The van der Waals surface area contributed by atoms with Crippen LogP contribution < -0.4 is 24.3 Å². The standard InChI is InChI=1S/C20H25NO5/c1-5-6-9-26-18-8-7-14(10-19(18)25-4)20(22)21-15-11-16(23-2)13-17(12-15)24-3/h7-8,10-13H,5-6,9H2,1-4H3,(H,21,22). The van der Waals surface area contributed by atoms with E-state index >= 15 is 0 Å². The van der Waals surface area contributed by atoms with Crippen LogP contribution >= 0.6 is 0 Å².